The maximum absolute atomic E-state index is 13.0. The Labute approximate surface area is 459 Å². The van der Waals surface area contributed by atoms with Crippen LogP contribution in [0.4, 0.5) is 0 Å². The van der Waals surface area contributed by atoms with Crippen LogP contribution in [0.15, 0.2) is 158 Å². The van der Waals surface area contributed by atoms with Gasteiger partial charge in [0.15, 0.2) is 6.29 Å². The van der Waals surface area contributed by atoms with E-state index in [0.717, 1.165) is 141 Å². The molecule has 0 spiro atoms. The van der Waals surface area contributed by atoms with Crippen molar-refractivity contribution in [2.24, 2.45) is 0 Å². The highest BCUT2D eigenvalue weighted by Crippen LogP contribution is 2.26. The molecule has 0 amide bonds. The second kappa shape index (κ2) is 51.5. The van der Waals surface area contributed by atoms with Gasteiger partial charge in [-0.2, -0.15) is 8.42 Å². The number of esters is 1. The molecule has 4 N–H and O–H groups in total. The summed E-state index contributed by atoms with van der Waals surface area (Å²) in [6, 6.07) is 0. The predicted molar refractivity (Wildman–Crippen MR) is 312 cm³/mol. The predicted octanol–water partition coefficient (Wildman–Crippen LogP) is 14.2. The molecule has 1 heterocycles. The molecule has 13 heteroatoms. The monoisotopic (exact) mass is 1080 g/mol. The van der Waals surface area contributed by atoms with E-state index in [1.54, 1.807) is 0 Å². The van der Waals surface area contributed by atoms with Crippen molar-refractivity contribution in [1.82, 2.24) is 0 Å². The van der Waals surface area contributed by atoms with Crippen molar-refractivity contribution in [3.8, 4) is 0 Å². The van der Waals surface area contributed by atoms with E-state index in [1.165, 1.54) is 0 Å². The van der Waals surface area contributed by atoms with Gasteiger partial charge in [0.1, 0.15) is 30.5 Å². The standard InChI is InChI=1S/C63H98O12S/c1-3-5-7-9-11-13-15-17-19-21-23-25-27-29-30-32-34-36-38-40-42-44-46-48-50-52-59(65)73-57(56-72-63-61(67)62(75-76(68,69)70)60(66)58(54-64)74-63)55-71-53-51-49-47-45-43-41-39-37-35-33-31-28-26-24-22-20-18-16-14-12-10-8-6-4-2/h5-8,11-14,17-20,23-26,29-31,33-34,36-37,39-40,42,57-58,60-64,66-67H,3-4,9-10,15-16,21-22,27-28,32,35,38,41,43-56H2,1-2H3,(H,68,69,70)/b7-5-,8-6-,13-11-,14-12-,19-17-,20-18-,25-23-,26-24-,30-29-,33-31-,36-34-,39-37-,42-40-. The third kappa shape index (κ3) is 43.8. The van der Waals surface area contributed by atoms with Gasteiger partial charge in [0.25, 0.3) is 0 Å². The Hall–Kier alpha value is -4.28. The number of carbonyl (C=O) groups is 1. The van der Waals surface area contributed by atoms with Crippen LogP contribution < -0.4 is 0 Å². The van der Waals surface area contributed by atoms with Gasteiger partial charge in [-0.05, 0) is 122 Å². The fraction of sp³-hybridized carbons (Fsp3) is 0.571. The Balaban J connectivity index is 2.40. The molecule has 0 aliphatic carbocycles. The van der Waals surface area contributed by atoms with Crippen molar-refractivity contribution >= 4 is 16.4 Å². The molecule has 1 saturated heterocycles. The molecular formula is C63H98O12S. The molecule has 6 atom stereocenters. The zero-order valence-corrected chi connectivity index (χ0v) is 47.1. The van der Waals surface area contributed by atoms with Crippen LogP contribution in [-0.4, -0.2) is 97.5 Å². The zero-order valence-electron chi connectivity index (χ0n) is 46.2. The van der Waals surface area contributed by atoms with Gasteiger partial charge >= 0.3 is 16.4 Å². The van der Waals surface area contributed by atoms with E-state index in [0.29, 0.717) is 13.0 Å². The van der Waals surface area contributed by atoms with Crippen molar-refractivity contribution in [1.29, 1.82) is 0 Å². The normalized spacial score (nSPS) is 19.8. The SMILES string of the molecule is CC/C=C\C/C=C\C/C=C\C/C=C\C/C=C\C/C=C\C/C=C\CCCCCC(=O)OC(COCCCCCCC/C=C\C/C=C\C/C=C\C/C=C\C/C=C\C/C=C\CC)COC1OC(CO)C(O)C(OS(=O)(=O)O)C1O. The summed E-state index contributed by atoms with van der Waals surface area (Å²) in [4.78, 5) is 13.0. The number of rotatable bonds is 47. The maximum Gasteiger partial charge on any atom is 0.397 e. The Morgan fingerprint density at radius 3 is 1.26 bits per heavy atom. The summed E-state index contributed by atoms with van der Waals surface area (Å²) in [5, 5.41) is 30.8. The van der Waals surface area contributed by atoms with Crippen molar-refractivity contribution in [3.05, 3.63) is 158 Å². The first-order chi connectivity index (χ1) is 37.1. The molecule has 0 aromatic rings. The number of aliphatic hydroxyl groups is 3. The van der Waals surface area contributed by atoms with Crippen molar-refractivity contribution in [2.45, 2.75) is 205 Å². The third-order valence-corrected chi connectivity index (χ3v) is 12.1. The van der Waals surface area contributed by atoms with Crippen LogP contribution in [0.2, 0.25) is 0 Å². The van der Waals surface area contributed by atoms with E-state index in [1.807, 2.05) is 0 Å². The highest BCUT2D eigenvalue weighted by atomic mass is 32.3. The lowest BCUT2D eigenvalue weighted by molar-refractivity contribution is -0.301. The van der Waals surface area contributed by atoms with Gasteiger partial charge in [-0.3, -0.25) is 9.35 Å². The number of hydrogen-bond donors (Lipinski definition) is 4. The van der Waals surface area contributed by atoms with Crippen LogP contribution >= 0.6 is 0 Å². The van der Waals surface area contributed by atoms with E-state index >= 15 is 0 Å². The quantitative estimate of drug-likeness (QED) is 0.0196. The molecule has 76 heavy (non-hydrogen) atoms. The van der Waals surface area contributed by atoms with E-state index in [-0.39, 0.29) is 19.6 Å². The van der Waals surface area contributed by atoms with Gasteiger partial charge in [-0.15, -0.1) is 0 Å². The third-order valence-electron chi connectivity index (χ3n) is 11.6. The highest BCUT2D eigenvalue weighted by Gasteiger charge is 2.48. The van der Waals surface area contributed by atoms with Gasteiger partial charge in [0, 0.05) is 13.0 Å². The molecular weight excluding hydrogens is 981 g/mol. The lowest BCUT2D eigenvalue weighted by Crippen LogP contribution is -2.60. The fourth-order valence-corrected chi connectivity index (χ4v) is 7.99. The first-order valence-corrected chi connectivity index (χ1v) is 29.6. The minimum atomic E-state index is -5.09. The summed E-state index contributed by atoms with van der Waals surface area (Å²) in [5.74, 6) is -0.446. The average molecular weight is 1080 g/mol. The summed E-state index contributed by atoms with van der Waals surface area (Å²) in [5.41, 5.74) is 0. The van der Waals surface area contributed by atoms with Crippen molar-refractivity contribution in [2.75, 3.05) is 26.4 Å². The van der Waals surface area contributed by atoms with E-state index in [4.69, 9.17) is 18.9 Å². The van der Waals surface area contributed by atoms with Crippen LogP contribution in [-0.2, 0) is 38.3 Å². The lowest BCUT2D eigenvalue weighted by atomic mass is 9.99. The van der Waals surface area contributed by atoms with Crippen LogP contribution in [0.1, 0.15) is 168 Å². The molecule has 6 unspecified atom stereocenters. The number of carbonyl (C=O) groups excluding carboxylic acids is 1. The van der Waals surface area contributed by atoms with Gasteiger partial charge in [-0.1, -0.05) is 198 Å². The fourth-order valence-electron chi connectivity index (χ4n) is 7.48. The average Bonchev–Trinajstić information content (AvgIpc) is 3.40. The smallest absolute Gasteiger partial charge is 0.397 e. The Morgan fingerprint density at radius 2 is 0.868 bits per heavy atom. The molecule has 0 saturated carbocycles. The zero-order chi connectivity index (χ0) is 55.3. The molecule has 1 aliphatic heterocycles. The molecule has 1 aliphatic rings. The minimum absolute atomic E-state index is 0.00417. The first-order valence-electron chi connectivity index (χ1n) is 28.2. The molecule has 0 bridgehead atoms. The molecule has 0 radical (unpaired) electrons. The molecule has 1 rings (SSSR count). The molecule has 1 fully saturated rings. The van der Waals surface area contributed by atoms with Gasteiger partial charge in [0.05, 0.1) is 19.8 Å². The first kappa shape index (κ1) is 69.7. The second-order valence-corrected chi connectivity index (χ2v) is 19.5. The molecule has 428 valence electrons. The van der Waals surface area contributed by atoms with Gasteiger partial charge in [0.2, 0.25) is 0 Å². The largest absolute Gasteiger partial charge is 0.457 e. The number of allylic oxidation sites excluding steroid dienone is 26. The van der Waals surface area contributed by atoms with Crippen LogP contribution in [0.3, 0.4) is 0 Å². The van der Waals surface area contributed by atoms with E-state index in [9.17, 15) is 33.1 Å². The van der Waals surface area contributed by atoms with Crippen molar-refractivity contribution in [3.63, 3.8) is 0 Å². The van der Waals surface area contributed by atoms with E-state index < -0.39 is 59.8 Å². The van der Waals surface area contributed by atoms with Crippen LogP contribution in [0.25, 0.3) is 0 Å². The Kier molecular flexibility index (Phi) is 47.2. The highest BCUT2D eigenvalue weighted by molar-refractivity contribution is 7.80. The summed E-state index contributed by atoms with van der Waals surface area (Å²) in [6.45, 7) is 3.65. The minimum Gasteiger partial charge on any atom is -0.457 e. The second-order valence-electron chi connectivity index (χ2n) is 18.4. The van der Waals surface area contributed by atoms with Crippen LogP contribution in [0.5, 0.6) is 0 Å². The molecule has 0 aromatic heterocycles. The lowest BCUT2D eigenvalue weighted by Gasteiger charge is -2.41. The number of hydrogen-bond acceptors (Lipinski definition) is 11. The summed E-state index contributed by atoms with van der Waals surface area (Å²) in [7, 11) is -5.09. The maximum atomic E-state index is 13.0. The molecule has 0 aromatic carbocycles. The molecule has 12 nitrogen and oxygen atoms in total. The number of unbranched alkanes of at least 4 members (excludes halogenated alkanes) is 8. The number of ether oxygens (including phenoxy) is 4. The van der Waals surface area contributed by atoms with E-state index in [2.05, 4.69) is 176 Å². The Bertz CT molecular complexity index is 1920. The summed E-state index contributed by atoms with van der Waals surface area (Å²) in [6.07, 6.45) is 69.8. The number of aliphatic hydroxyl groups excluding tert-OH is 3. The Morgan fingerprint density at radius 1 is 0.500 bits per heavy atom. The van der Waals surface area contributed by atoms with Crippen LogP contribution in [0, 0.1) is 0 Å². The van der Waals surface area contributed by atoms with Crippen molar-refractivity contribution < 1.29 is 56.2 Å². The van der Waals surface area contributed by atoms with Gasteiger partial charge < -0.3 is 34.3 Å². The van der Waals surface area contributed by atoms with Gasteiger partial charge in [-0.25, -0.2) is 4.18 Å². The topological polar surface area (TPSA) is 178 Å². The summed E-state index contributed by atoms with van der Waals surface area (Å²) < 4.78 is 59.3. The summed E-state index contributed by atoms with van der Waals surface area (Å²) >= 11 is 0.